The fraction of sp³-hybridized carbons (Fsp3) is 0.308. The van der Waals surface area contributed by atoms with Crippen molar-refractivity contribution in [2.24, 2.45) is 5.73 Å². The van der Waals surface area contributed by atoms with Gasteiger partial charge in [0.2, 0.25) is 0 Å². The number of hydrogen-bond donors (Lipinski definition) is 1. The minimum absolute atomic E-state index is 0.356. The van der Waals surface area contributed by atoms with Crippen LogP contribution in [0.1, 0.15) is 24.2 Å². The Labute approximate surface area is 125 Å². The summed E-state index contributed by atoms with van der Waals surface area (Å²) in [4.78, 5) is 0. The van der Waals surface area contributed by atoms with Crippen LogP contribution in [0.15, 0.2) is 28.9 Å². The molecule has 0 fully saturated rings. The van der Waals surface area contributed by atoms with Gasteiger partial charge in [-0.1, -0.05) is 27.5 Å². The molecule has 2 rings (SSSR count). The maximum absolute atomic E-state index is 6.35. The lowest BCUT2D eigenvalue weighted by Gasteiger charge is -2.17. The monoisotopic (exact) mass is 343 g/mol. The first-order valence-electron chi connectivity index (χ1n) is 5.88. The van der Waals surface area contributed by atoms with E-state index in [9.17, 15) is 0 Å². The van der Waals surface area contributed by atoms with Gasteiger partial charge in [-0.05, 0) is 30.7 Å². The molecular weight excluding hydrogens is 330 g/mol. The Hall–Kier alpha value is -1.04. The largest absolute Gasteiger partial charge is 0.493 e. The van der Waals surface area contributed by atoms with Crippen molar-refractivity contribution in [1.29, 1.82) is 0 Å². The Balaban J connectivity index is 2.51. The van der Waals surface area contributed by atoms with Crippen LogP contribution in [0.3, 0.4) is 0 Å². The Morgan fingerprint density at radius 2 is 2.26 bits per heavy atom. The first kappa shape index (κ1) is 14.4. The van der Waals surface area contributed by atoms with Crippen LogP contribution in [0.4, 0.5) is 0 Å². The van der Waals surface area contributed by atoms with Crippen molar-refractivity contribution in [2.45, 2.75) is 19.5 Å². The molecule has 0 bridgehead atoms. The van der Waals surface area contributed by atoms with Crippen LogP contribution in [-0.4, -0.2) is 16.9 Å². The van der Waals surface area contributed by atoms with Gasteiger partial charge >= 0.3 is 0 Å². The molecule has 1 unspecified atom stereocenters. The Morgan fingerprint density at radius 1 is 1.53 bits per heavy atom. The van der Waals surface area contributed by atoms with Crippen molar-refractivity contribution in [3.05, 3.63) is 45.1 Å². The van der Waals surface area contributed by atoms with E-state index < -0.39 is 0 Å². The van der Waals surface area contributed by atoms with E-state index >= 15 is 0 Å². The standard InChI is InChI=1S/C13H15BrClN3O/c1-3-18-13(11(19-2)7-17-18)12(16)9-6-8(15)4-5-10(9)14/h4-7,12H,3,16H2,1-2H3. The average Bonchev–Trinajstić information content (AvgIpc) is 2.83. The molecule has 0 aliphatic rings. The van der Waals surface area contributed by atoms with E-state index in [1.165, 1.54) is 0 Å². The molecule has 1 aromatic carbocycles. The van der Waals surface area contributed by atoms with E-state index in [4.69, 9.17) is 22.1 Å². The molecule has 0 aliphatic carbocycles. The summed E-state index contributed by atoms with van der Waals surface area (Å²) in [5.41, 5.74) is 8.10. The fourth-order valence-corrected chi connectivity index (χ4v) is 2.67. The van der Waals surface area contributed by atoms with Crippen LogP contribution in [0, 0.1) is 0 Å². The van der Waals surface area contributed by atoms with Crippen molar-refractivity contribution in [1.82, 2.24) is 9.78 Å². The zero-order valence-corrected chi connectivity index (χ0v) is 13.1. The number of rotatable bonds is 4. The molecule has 1 aromatic heterocycles. The third-order valence-electron chi connectivity index (χ3n) is 2.95. The van der Waals surface area contributed by atoms with Crippen molar-refractivity contribution < 1.29 is 4.74 Å². The number of methoxy groups -OCH3 is 1. The first-order valence-corrected chi connectivity index (χ1v) is 7.05. The Morgan fingerprint density at radius 3 is 2.89 bits per heavy atom. The second kappa shape index (κ2) is 5.94. The van der Waals surface area contributed by atoms with Gasteiger partial charge in [0.1, 0.15) is 5.69 Å². The predicted octanol–water partition coefficient (Wildman–Crippen LogP) is 3.38. The predicted molar refractivity (Wildman–Crippen MR) is 79.6 cm³/mol. The maximum atomic E-state index is 6.35. The van der Waals surface area contributed by atoms with Crippen LogP contribution >= 0.6 is 27.5 Å². The topological polar surface area (TPSA) is 53.1 Å². The lowest BCUT2D eigenvalue weighted by molar-refractivity contribution is 0.404. The zero-order chi connectivity index (χ0) is 14.0. The van der Waals surface area contributed by atoms with E-state index in [1.807, 2.05) is 29.8 Å². The summed E-state index contributed by atoms with van der Waals surface area (Å²) in [5, 5.41) is 4.92. The van der Waals surface area contributed by atoms with Crippen LogP contribution in [0.25, 0.3) is 0 Å². The lowest BCUT2D eigenvalue weighted by Crippen LogP contribution is -2.18. The van der Waals surface area contributed by atoms with E-state index in [2.05, 4.69) is 21.0 Å². The molecule has 2 aromatic rings. The third kappa shape index (κ3) is 2.78. The van der Waals surface area contributed by atoms with E-state index in [-0.39, 0.29) is 6.04 Å². The van der Waals surface area contributed by atoms with Gasteiger partial charge in [0.15, 0.2) is 5.75 Å². The van der Waals surface area contributed by atoms with Crippen LogP contribution in [0.2, 0.25) is 5.02 Å². The molecule has 0 aliphatic heterocycles. The van der Waals surface area contributed by atoms with E-state index in [0.717, 1.165) is 22.3 Å². The van der Waals surface area contributed by atoms with Crippen LogP contribution in [0.5, 0.6) is 5.75 Å². The first-order chi connectivity index (χ1) is 9.08. The number of nitrogens with two attached hydrogens (primary N) is 1. The summed E-state index contributed by atoms with van der Waals surface area (Å²) < 4.78 is 8.07. The lowest BCUT2D eigenvalue weighted by atomic mass is 10.0. The van der Waals surface area contributed by atoms with Crippen LogP contribution < -0.4 is 10.5 Å². The van der Waals surface area contributed by atoms with Gasteiger partial charge in [0.05, 0.1) is 19.3 Å². The van der Waals surface area contributed by atoms with E-state index in [1.54, 1.807) is 13.3 Å². The van der Waals surface area contributed by atoms with Gasteiger partial charge in [0, 0.05) is 16.0 Å². The molecule has 0 radical (unpaired) electrons. The van der Waals surface area contributed by atoms with Gasteiger partial charge in [-0.3, -0.25) is 4.68 Å². The van der Waals surface area contributed by atoms with Crippen LogP contribution in [-0.2, 0) is 6.54 Å². The smallest absolute Gasteiger partial charge is 0.161 e. The number of benzene rings is 1. The van der Waals surface area contributed by atoms with Gasteiger partial charge in [-0.25, -0.2) is 0 Å². The summed E-state index contributed by atoms with van der Waals surface area (Å²) in [6, 6.07) is 5.20. The highest BCUT2D eigenvalue weighted by atomic mass is 79.9. The normalized spacial score (nSPS) is 12.5. The molecule has 0 spiro atoms. The minimum Gasteiger partial charge on any atom is -0.493 e. The van der Waals surface area contributed by atoms with Gasteiger partial charge in [-0.15, -0.1) is 0 Å². The number of halogens is 2. The molecule has 1 heterocycles. The highest BCUT2D eigenvalue weighted by Gasteiger charge is 2.21. The quantitative estimate of drug-likeness (QED) is 0.925. The minimum atomic E-state index is -0.356. The Kier molecular flexibility index (Phi) is 4.50. The van der Waals surface area contributed by atoms with Crippen molar-refractivity contribution in [2.75, 3.05) is 7.11 Å². The molecule has 19 heavy (non-hydrogen) atoms. The summed E-state index contributed by atoms with van der Waals surface area (Å²) in [7, 11) is 1.61. The maximum Gasteiger partial charge on any atom is 0.161 e. The van der Waals surface area contributed by atoms with Gasteiger partial charge < -0.3 is 10.5 Å². The SMILES string of the molecule is CCn1ncc(OC)c1C(N)c1cc(Cl)ccc1Br. The number of ether oxygens (including phenoxy) is 1. The fourth-order valence-electron chi connectivity index (χ4n) is 2.00. The molecular formula is C13H15BrClN3O. The summed E-state index contributed by atoms with van der Waals surface area (Å²) >= 11 is 9.54. The van der Waals surface area contributed by atoms with Gasteiger partial charge in [-0.2, -0.15) is 5.10 Å². The molecule has 2 N–H and O–H groups in total. The highest BCUT2D eigenvalue weighted by molar-refractivity contribution is 9.10. The van der Waals surface area contributed by atoms with Crippen molar-refractivity contribution in [3.63, 3.8) is 0 Å². The summed E-state index contributed by atoms with van der Waals surface area (Å²) in [6.45, 7) is 2.74. The molecule has 4 nitrogen and oxygen atoms in total. The molecule has 1 atom stereocenters. The van der Waals surface area contributed by atoms with Gasteiger partial charge in [0.25, 0.3) is 0 Å². The number of aryl methyl sites for hydroxylation is 1. The molecule has 0 saturated carbocycles. The third-order valence-corrected chi connectivity index (χ3v) is 3.91. The second-order valence-electron chi connectivity index (χ2n) is 4.06. The molecule has 0 amide bonds. The molecule has 0 saturated heterocycles. The number of nitrogens with zero attached hydrogens (tertiary/aromatic N) is 2. The zero-order valence-electron chi connectivity index (χ0n) is 10.7. The number of hydrogen-bond acceptors (Lipinski definition) is 3. The Bertz CT molecular complexity index is 564. The average molecular weight is 345 g/mol. The molecule has 102 valence electrons. The van der Waals surface area contributed by atoms with Crippen molar-refractivity contribution in [3.8, 4) is 5.75 Å². The second-order valence-corrected chi connectivity index (χ2v) is 5.35. The summed E-state index contributed by atoms with van der Waals surface area (Å²) in [6.07, 6.45) is 1.68. The highest BCUT2D eigenvalue weighted by Crippen LogP contribution is 2.33. The summed E-state index contributed by atoms with van der Waals surface area (Å²) in [5.74, 6) is 0.682. The van der Waals surface area contributed by atoms with Crippen molar-refractivity contribution >= 4 is 27.5 Å². The van der Waals surface area contributed by atoms with E-state index in [0.29, 0.717) is 10.8 Å². The number of aromatic nitrogens is 2. The molecule has 6 heteroatoms.